The summed E-state index contributed by atoms with van der Waals surface area (Å²) in [6, 6.07) is 6.79. The zero-order valence-electron chi connectivity index (χ0n) is 15.9. The van der Waals surface area contributed by atoms with E-state index in [2.05, 4.69) is 26.5 Å². The lowest BCUT2D eigenvalue weighted by Crippen LogP contribution is -2.49. The lowest BCUT2D eigenvalue weighted by molar-refractivity contribution is -0.137. The first-order valence-electron chi connectivity index (χ1n) is 9.68. The molecule has 1 aliphatic carbocycles. The minimum Gasteiger partial charge on any atom is -0.353 e. The molecule has 4 rings (SSSR count). The minimum absolute atomic E-state index is 0.139. The Bertz CT molecular complexity index is 894. The second-order valence-electron chi connectivity index (χ2n) is 7.42. The maximum atomic E-state index is 12.8. The highest BCUT2D eigenvalue weighted by Gasteiger charge is 2.30. The van der Waals surface area contributed by atoms with Crippen molar-refractivity contribution in [2.75, 3.05) is 42.9 Å². The number of hydrogen-bond donors (Lipinski definition) is 1. The number of aromatic nitrogens is 2. The highest BCUT2D eigenvalue weighted by Crippen LogP contribution is 2.30. The fourth-order valence-corrected chi connectivity index (χ4v) is 3.78. The summed E-state index contributed by atoms with van der Waals surface area (Å²) in [5.74, 6) is 0.550. The Morgan fingerprint density at radius 1 is 1.07 bits per heavy atom. The van der Waals surface area contributed by atoms with Crippen LogP contribution in [0.15, 0.2) is 30.3 Å². The van der Waals surface area contributed by atoms with E-state index in [0.29, 0.717) is 13.1 Å². The van der Waals surface area contributed by atoms with Crippen LogP contribution in [0.4, 0.5) is 24.7 Å². The van der Waals surface area contributed by atoms with Gasteiger partial charge in [-0.25, -0.2) is 0 Å². The number of anilines is 2. The number of piperazine rings is 1. The number of benzene rings is 1. The summed E-state index contributed by atoms with van der Waals surface area (Å²) in [7, 11) is 0. The van der Waals surface area contributed by atoms with Crippen LogP contribution < -0.4 is 10.2 Å². The molecule has 1 fully saturated rings. The van der Waals surface area contributed by atoms with Crippen molar-refractivity contribution in [3.63, 3.8) is 0 Å². The van der Waals surface area contributed by atoms with Crippen LogP contribution in [0, 0.1) is 0 Å². The molecule has 1 saturated heterocycles. The number of nitrogens with zero attached hydrogens (tertiary/aromatic N) is 4. The van der Waals surface area contributed by atoms with Crippen molar-refractivity contribution in [3.8, 4) is 0 Å². The van der Waals surface area contributed by atoms with Crippen molar-refractivity contribution in [2.24, 2.45) is 0 Å². The molecule has 0 saturated carbocycles. The van der Waals surface area contributed by atoms with Crippen LogP contribution in [-0.4, -0.2) is 53.7 Å². The van der Waals surface area contributed by atoms with E-state index < -0.39 is 11.7 Å². The van der Waals surface area contributed by atoms with Gasteiger partial charge < -0.3 is 10.2 Å². The molecule has 2 aromatic rings. The van der Waals surface area contributed by atoms with Crippen LogP contribution in [0.1, 0.15) is 23.2 Å². The monoisotopic (exact) mass is 405 g/mol. The SMILES string of the molecule is O=C(CN1CCN(c2cc3c(nn2)CCC3)CC1)Nc1cccc(C(F)(F)F)c1. The quantitative estimate of drug-likeness (QED) is 0.848. The molecular weight excluding hydrogens is 383 g/mol. The number of hydrogen-bond acceptors (Lipinski definition) is 5. The van der Waals surface area contributed by atoms with Gasteiger partial charge in [0, 0.05) is 31.9 Å². The topological polar surface area (TPSA) is 61.4 Å². The molecule has 29 heavy (non-hydrogen) atoms. The molecule has 1 aromatic carbocycles. The van der Waals surface area contributed by atoms with E-state index in [1.54, 1.807) is 0 Å². The van der Waals surface area contributed by atoms with Gasteiger partial charge in [-0.05, 0) is 49.1 Å². The number of fused-ring (bicyclic) bond motifs is 1. The number of carbonyl (C=O) groups is 1. The van der Waals surface area contributed by atoms with Crippen molar-refractivity contribution in [2.45, 2.75) is 25.4 Å². The van der Waals surface area contributed by atoms with E-state index in [1.165, 1.54) is 17.7 Å². The van der Waals surface area contributed by atoms with Gasteiger partial charge >= 0.3 is 6.18 Å². The predicted molar refractivity (Wildman–Crippen MR) is 103 cm³/mol. The normalized spacial score (nSPS) is 17.3. The number of rotatable bonds is 4. The number of alkyl halides is 3. The van der Waals surface area contributed by atoms with Gasteiger partial charge in [-0.1, -0.05) is 6.07 Å². The van der Waals surface area contributed by atoms with Gasteiger partial charge in [0.1, 0.15) is 0 Å². The van der Waals surface area contributed by atoms with E-state index >= 15 is 0 Å². The van der Waals surface area contributed by atoms with Crippen LogP contribution in [0.5, 0.6) is 0 Å². The van der Waals surface area contributed by atoms with Gasteiger partial charge in [0.05, 0.1) is 17.8 Å². The maximum Gasteiger partial charge on any atom is 0.416 e. The zero-order chi connectivity index (χ0) is 20.4. The summed E-state index contributed by atoms with van der Waals surface area (Å²) in [6.45, 7) is 2.94. The molecule has 0 atom stereocenters. The Morgan fingerprint density at radius 2 is 1.86 bits per heavy atom. The summed E-state index contributed by atoms with van der Waals surface area (Å²) in [5, 5.41) is 11.2. The van der Waals surface area contributed by atoms with E-state index in [1.807, 2.05) is 4.90 Å². The molecule has 0 unspecified atom stereocenters. The number of aryl methyl sites for hydroxylation is 2. The first kappa shape index (κ1) is 19.6. The summed E-state index contributed by atoms with van der Waals surface area (Å²) in [5.41, 5.74) is 1.74. The molecule has 2 heterocycles. The molecular formula is C20H22F3N5O. The van der Waals surface area contributed by atoms with Gasteiger partial charge in [-0.3, -0.25) is 9.69 Å². The van der Waals surface area contributed by atoms with Crippen LogP contribution >= 0.6 is 0 Å². The van der Waals surface area contributed by atoms with Crippen molar-refractivity contribution in [1.29, 1.82) is 0 Å². The fraction of sp³-hybridized carbons (Fsp3) is 0.450. The van der Waals surface area contributed by atoms with Crippen molar-refractivity contribution in [1.82, 2.24) is 15.1 Å². The van der Waals surface area contributed by atoms with Crippen LogP contribution in [-0.2, 0) is 23.8 Å². The molecule has 0 bridgehead atoms. The average molecular weight is 405 g/mol. The van der Waals surface area contributed by atoms with Crippen molar-refractivity contribution in [3.05, 3.63) is 47.2 Å². The minimum atomic E-state index is -4.43. The molecule has 1 aliphatic heterocycles. The molecule has 9 heteroatoms. The average Bonchev–Trinajstić information content (AvgIpc) is 3.16. The van der Waals surface area contributed by atoms with Gasteiger partial charge in [-0.2, -0.15) is 18.3 Å². The van der Waals surface area contributed by atoms with Crippen LogP contribution in [0.3, 0.4) is 0 Å². The number of amides is 1. The van der Waals surface area contributed by atoms with Gasteiger partial charge in [0.25, 0.3) is 0 Å². The van der Waals surface area contributed by atoms with Crippen LogP contribution in [0.2, 0.25) is 0 Å². The molecule has 1 aromatic heterocycles. The van der Waals surface area contributed by atoms with E-state index in [0.717, 1.165) is 56.0 Å². The predicted octanol–water partition coefficient (Wildman–Crippen LogP) is 2.74. The first-order chi connectivity index (χ1) is 13.9. The lowest BCUT2D eigenvalue weighted by atomic mass is 10.2. The Hall–Kier alpha value is -2.68. The van der Waals surface area contributed by atoms with Crippen molar-refractivity contribution < 1.29 is 18.0 Å². The molecule has 6 nitrogen and oxygen atoms in total. The Morgan fingerprint density at radius 3 is 2.62 bits per heavy atom. The van der Waals surface area contributed by atoms with E-state index in [-0.39, 0.29) is 18.1 Å². The zero-order valence-corrected chi connectivity index (χ0v) is 15.9. The number of halogens is 3. The summed E-state index contributed by atoms with van der Waals surface area (Å²) < 4.78 is 38.4. The Kier molecular flexibility index (Phi) is 5.40. The molecule has 0 radical (unpaired) electrons. The standard InChI is InChI=1S/C20H22F3N5O/c21-20(22,23)15-4-2-5-16(12-15)24-19(29)13-27-7-9-28(10-8-27)18-11-14-3-1-6-17(14)25-26-18/h2,4-5,11-12H,1,3,6-10,13H2,(H,24,29). The first-order valence-corrected chi connectivity index (χ1v) is 9.68. The van der Waals surface area contributed by atoms with E-state index in [4.69, 9.17) is 0 Å². The highest BCUT2D eigenvalue weighted by atomic mass is 19.4. The van der Waals surface area contributed by atoms with Crippen molar-refractivity contribution >= 4 is 17.4 Å². The highest BCUT2D eigenvalue weighted by molar-refractivity contribution is 5.92. The largest absolute Gasteiger partial charge is 0.416 e. The third-order valence-corrected chi connectivity index (χ3v) is 5.34. The smallest absolute Gasteiger partial charge is 0.353 e. The molecule has 154 valence electrons. The fourth-order valence-electron chi connectivity index (χ4n) is 3.78. The Balaban J connectivity index is 1.29. The van der Waals surface area contributed by atoms with Gasteiger partial charge in [0.15, 0.2) is 5.82 Å². The summed E-state index contributed by atoms with van der Waals surface area (Å²) in [6.07, 6.45) is -1.26. The second-order valence-corrected chi connectivity index (χ2v) is 7.42. The molecule has 0 spiro atoms. The summed E-state index contributed by atoms with van der Waals surface area (Å²) in [4.78, 5) is 16.4. The number of nitrogens with one attached hydrogen (secondary N) is 1. The summed E-state index contributed by atoms with van der Waals surface area (Å²) >= 11 is 0. The third-order valence-electron chi connectivity index (χ3n) is 5.34. The lowest BCUT2D eigenvalue weighted by Gasteiger charge is -2.34. The van der Waals surface area contributed by atoms with Gasteiger partial charge in [0.2, 0.25) is 5.91 Å². The maximum absolute atomic E-state index is 12.8. The van der Waals surface area contributed by atoms with Gasteiger partial charge in [-0.15, -0.1) is 5.10 Å². The number of carbonyl (C=O) groups excluding carboxylic acids is 1. The third kappa shape index (κ3) is 4.67. The second kappa shape index (κ2) is 7.98. The van der Waals surface area contributed by atoms with Crippen LogP contribution in [0.25, 0.3) is 0 Å². The molecule has 1 N–H and O–H groups in total. The van der Waals surface area contributed by atoms with E-state index in [9.17, 15) is 18.0 Å². The molecule has 2 aliphatic rings. The molecule has 1 amide bonds. The Labute approximate surface area is 166 Å².